The molecule has 0 aliphatic rings. The molecule has 0 aliphatic heterocycles. The number of hydrogen-bond donors (Lipinski definition) is 0. The predicted molar refractivity (Wildman–Crippen MR) is 129 cm³/mol. The van der Waals surface area contributed by atoms with Crippen molar-refractivity contribution in [2.75, 3.05) is 20.6 Å². The molecule has 0 unspecified atom stereocenters. The fourth-order valence-electron chi connectivity index (χ4n) is 3.75. The molecule has 0 amide bonds. The SMILES string of the molecule is CN(C)CC(=O)c1c(-c2ccccc2)n(C(=O)c2ccccc2Br)c2ccc(Cl)cc12. The van der Waals surface area contributed by atoms with E-state index in [9.17, 15) is 9.59 Å². The lowest BCUT2D eigenvalue weighted by molar-refractivity contribution is 0.0960. The summed E-state index contributed by atoms with van der Waals surface area (Å²) in [5.74, 6) is -0.294. The van der Waals surface area contributed by atoms with E-state index >= 15 is 0 Å². The van der Waals surface area contributed by atoms with Crippen molar-refractivity contribution in [2.24, 2.45) is 0 Å². The zero-order chi connectivity index (χ0) is 22.1. The minimum Gasteiger partial charge on any atom is -0.302 e. The highest BCUT2D eigenvalue weighted by molar-refractivity contribution is 9.10. The molecule has 3 aromatic carbocycles. The van der Waals surface area contributed by atoms with Crippen LogP contribution in [0, 0.1) is 0 Å². The van der Waals surface area contributed by atoms with Crippen LogP contribution in [0.4, 0.5) is 0 Å². The summed E-state index contributed by atoms with van der Waals surface area (Å²) in [7, 11) is 3.69. The second-order valence-electron chi connectivity index (χ2n) is 7.53. The van der Waals surface area contributed by atoms with Gasteiger partial charge in [0.15, 0.2) is 5.78 Å². The van der Waals surface area contributed by atoms with Gasteiger partial charge in [0, 0.05) is 14.9 Å². The molecule has 4 aromatic rings. The number of ketones is 1. The Morgan fingerprint density at radius 3 is 2.32 bits per heavy atom. The van der Waals surface area contributed by atoms with Gasteiger partial charge in [0.2, 0.25) is 0 Å². The summed E-state index contributed by atoms with van der Waals surface area (Å²) in [6.07, 6.45) is 0. The van der Waals surface area contributed by atoms with E-state index in [0.717, 1.165) is 5.56 Å². The third-order valence-electron chi connectivity index (χ3n) is 5.02. The number of fused-ring (bicyclic) bond motifs is 1. The normalized spacial score (nSPS) is 11.3. The molecule has 0 saturated carbocycles. The van der Waals surface area contributed by atoms with Crippen LogP contribution in [0.1, 0.15) is 20.7 Å². The van der Waals surface area contributed by atoms with Crippen LogP contribution in [-0.2, 0) is 0 Å². The zero-order valence-electron chi connectivity index (χ0n) is 17.1. The molecule has 0 radical (unpaired) electrons. The first-order valence-corrected chi connectivity index (χ1v) is 10.9. The monoisotopic (exact) mass is 494 g/mol. The van der Waals surface area contributed by atoms with Gasteiger partial charge < -0.3 is 4.90 Å². The molecule has 0 saturated heterocycles. The number of likely N-dealkylation sites (N-methyl/N-ethyl adjacent to an activating group) is 1. The Kier molecular flexibility index (Phi) is 6.10. The first-order valence-electron chi connectivity index (χ1n) is 9.75. The quantitative estimate of drug-likeness (QED) is 0.312. The summed E-state index contributed by atoms with van der Waals surface area (Å²) in [4.78, 5) is 29.0. The zero-order valence-corrected chi connectivity index (χ0v) is 19.4. The maximum absolute atomic E-state index is 13.8. The average Bonchev–Trinajstić information content (AvgIpc) is 3.08. The predicted octanol–water partition coefficient (Wildman–Crippen LogP) is 6.16. The number of hydrogen-bond acceptors (Lipinski definition) is 3. The van der Waals surface area contributed by atoms with Crippen molar-refractivity contribution in [3.05, 3.63) is 93.4 Å². The Bertz CT molecular complexity index is 1300. The molecule has 4 rings (SSSR count). The number of rotatable bonds is 5. The van der Waals surface area contributed by atoms with E-state index in [1.54, 1.807) is 28.8 Å². The van der Waals surface area contributed by atoms with Gasteiger partial charge in [-0.25, -0.2) is 0 Å². The van der Waals surface area contributed by atoms with E-state index in [-0.39, 0.29) is 18.2 Å². The van der Waals surface area contributed by atoms with E-state index in [1.165, 1.54) is 0 Å². The maximum Gasteiger partial charge on any atom is 0.264 e. The highest BCUT2D eigenvalue weighted by atomic mass is 79.9. The van der Waals surface area contributed by atoms with Crippen molar-refractivity contribution in [2.45, 2.75) is 0 Å². The van der Waals surface area contributed by atoms with Crippen LogP contribution >= 0.6 is 27.5 Å². The second kappa shape index (κ2) is 8.79. The van der Waals surface area contributed by atoms with Crippen LogP contribution in [-0.4, -0.2) is 41.8 Å². The van der Waals surface area contributed by atoms with E-state index < -0.39 is 0 Å². The van der Waals surface area contributed by atoms with Gasteiger partial charge in [-0.3, -0.25) is 14.2 Å². The van der Waals surface area contributed by atoms with Crippen LogP contribution < -0.4 is 0 Å². The summed E-state index contributed by atoms with van der Waals surface area (Å²) < 4.78 is 2.32. The van der Waals surface area contributed by atoms with E-state index in [1.807, 2.05) is 67.5 Å². The van der Waals surface area contributed by atoms with Gasteiger partial charge in [-0.2, -0.15) is 0 Å². The average molecular weight is 496 g/mol. The molecular formula is C25H20BrClN2O2. The smallest absolute Gasteiger partial charge is 0.264 e. The standard InChI is InChI=1S/C25H20BrClN2O2/c1-28(2)15-22(30)23-19-14-17(27)12-13-21(19)29(24(23)16-8-4-3-5-9-16)25(31)18-10-6-7-11-20(18)26/h3-14H,15H2,1-2H3. The van der Waals surface area contributed by atoms with E-state index in [4.69, 9.17) is 11.6 Å². The van der Waals surface area contributed by atoms with Crippen LogP contribution in [0.5, 0.6) is 0 Å². The number of carbonyl (C=O) groups is 2. The van der Waals surface area contributed by atoms with Crippen LogP contribution in [0.25, 0.3) is 22.2 Å². The van der Waals surface area contributed by atoms with Gasteiger partial charge in [0.05, 0.1) is 28.9 Å². The van der Waals surface area contributed by atoms with Crippen molar-refractivity contribution in [1.29, 1.82) is 0 Å². The number of nitrogens with zero attached hydrogens (tertiary/aromatic N) is 2. The summed E-state index contributed by atoms with van der Waals surface area (Å²) in [6.45, 7) is 0.217. The summed E-state index contributed by atoms with van der Waals surface area (Å²) >= 11 is 9.80. The Balaban J connectivity index is 2.11. The third-order valence-corrected chi connectivity index (χ3v) is 5.95. The molecule has 0 N–H and O–H groups in total. The lowest BCUT2D eigenvalue weighted by Gasteiger charge is -2.13. The lowest BCUT2D eigenvalue weighted by atomic mass is 10.0. The highest BCUT2D eigenvalue weighted by Crippen LogP contribution is 2.37. The van der Waals surface area contributed by atoms with Crippen LogP contribution in [0.3, 0.4) is 0 Å². The number of aromatic nitrogens is 1. The third kappa shape index (κ3) is 4.09. The minimum absolute atomic E-state index is 0.0743. The second-order valence-corrected chi connectivity index (χ2v) is 8.82. The fraction of sp³-hybridized carbons (Fsp3) is 0.120. The largest absolute Gasteiger partial charge is 0.302 e. The van der Waals surface area contributed by atoms with Crippen molar-refractivity contribution in [3.63, 3.8) is 0 Å². The van der Waals surface area contributed by atoms with Crippen molar-refractivity contribution < 1.29 is 9.59 Å². The molecule has 4 nitrogen and oxygen atoms in total. The van der Waals surface area contributed by atoms with Crippen LogP contribution in [0.15, 0.2) is 77.3 Å². The molecule has 31 heavy (non-hydrogen) atoms. The Labute approximate surface area is 194 Å². The number of halogens is 2. The lowest BCUT2D eigenvalue weighted by Crippen LogP contribution is -2.22. The topological polar surface area (TPSA) is 42.3 Å². The van der Waals surface area contributed by atoms with Crippen molar-refractivity contribution >= 4 is 50.1 Å². The first kappa shape index (κ1) is 21.5. The number of benzene rings is 3. The Morgan fingerprint density at radius 2 is 1.65 bits per heavy atom. The van der Waals surface area contributed by atoms with E-state index in [0.29, 0.717) is 37.2 Å². The van der Waals surface area contributed by atoms with E-state index in [2.05, 4.69) is 15.9 Å². The molecule has 6 heteroatoms. The summed E-state index contributed by atoms with van der Waals surface area (Å²) in [6, 6.07) is 22.1. The molecule has 0 atom stereocenters. The summed E-state index contributed by atoms with van der Waals surface area (Å²) in [5.41, 5.74) is 3.02. The molecule has 1 aromatic heterocycles. The van der Waals surface area contributed by atoms with Gasteiger partial charge in [0.25, 0.3) is 5.91 Å². The highest BCUT2D eigenvalue weighted by Gasteiger charge is 2.28. The molecule has 0 aliphatic carbocycles. The van der Waals surface area contributed by atoms with Gasteiger partial charge >= 0.3 is 0 Å². The van der Waals surface area contributed by atoms with Gasteiger partial charge in [-0.05, 0) is 65.9 Å². The molecule has 1 heterocycles. The van der Waals surface area contributed by atoms with Gasteiger partial charge in [0.1, 0.15) is 0 Å². The molecule has 156 valence electrons. The molecule has 0 spiro atoms. The molecule has 0 bridgehead atoms. The number of carbonyl (C=O) groups excluding carboxylic acids is 2. The van der Waals surface area contributed by atoms with Gasteiger partial charge in [-0.1, -0.05) is 54.1 Å². The maximum atomic E-state index is 13.8. The Hall–Kier alpha value is -2.73. The minimum atomic E-state index is -0.220. The van der Waals surface area contributed by atoms with Crippen LogP contribution in [0.2, 0.25) is 5.02 Å². The van der Waals surface area contributed by atoms with Crippen molar-refractivity contribution in [1.82, 2.24) is 9.47 Å². The Morgan fingerprint density at radius 1 is 0.968 bits per heavy atom. The molecular weight excluding hydrogens is 476 g/mol. The molecule has 0 fully saturated rings. The number of Topliss-reactive ketones (excluding diaryl/α,β-unsaturated/α-hetero) is 1. The summed E-state index contributed by atoms with van der Waals surface area (Å²) in [5, 5.41) is 1.18. The fourth-order valence-corrected chi connectivity index (χ4v) is 4.37. The van der Waals surface area contributed by atoms with Gasteiger partial charge in [-0.15, -0.1) is 0 Å². The first-order chi connectivity index (χ1) is 14.9. The van der Waals surface area contributed by atoms with Crippen molar-refractivity contribution in [3.8, 4) is 11.3 Å².